The van der Waals surface area contributed by atoms with Crippen molar-refractivity contribution >= 4 is 11.8 Å². The lowest BCUT2D eigenvalue weighted by atomic mass is 10.2. The molecule has 0 saturated carbocycles. The Morgan fingerprint density at radius 3 is 2.93 bits per heavy atom. The number of hydrogen-bond acceptors (Lipinski definition) is 4. The zero-order valence-electron chi connectivity index (χ0n) is 8.17. The minimum Gasteiger partial charge on any atom is -0.447 e. The Labute approximate surface area is 87.0 Å². The highest BCUT2D eigenvalue weighted by atomic mass is 16.5. The zero-order chi connectivity index (χ0) is 11.1. The van der Waals surface area contributed by atoms with Crippen LogP contribution in [-0.4, -0.2) is 12.7 Å². The van der Waals surface area contributed by atoms with E-state index in [2.05, 4.69) is 15.0 Å². The number of nitrogens with zero attached hydrogens (tertiary/aromatic N) is 3. The minimum atomic E-state index is -0.759. The summed E-state index contributed by atoms with van der Waals surface area (Å²) in [5.74, 6) is 0. The Balaban J connectivity index is 2.81. The quantitative estimate of drug-likeness (QED) is 0.693. The van der Waals surface area contributed by atoms with E-state index in [0.29, 0.717) is 11.3 Å². The molecular weight excluding hydrogens is 194 g/mol. The molecule has 0 atom stereocenters. The van der Waals surface area contributed by atoms with Gasteiger partial charge < -0.3 is 4.74 Å². The van der Waals surface area contributed by atoms with Crippen LogP contribution in [0, 0.1) is 11.3 Å². The Kier molecular flexibility index (Phi) is 3.98. The average molecular weight is 203 g/mol. The fraction of sp³-hybridized carbons (Fsp3) is 0.200. The van der Waals surface area contributed by atoms with Gasteiger partial charge in [0.15, 0.2) is 0 Å². The predicted molar refractivity (Wildman–Crippen MR) is 52.7 cm³/mol. The summed E-state index contributed by atoms with van der Waals surface area (Å²) >= 11 is 0. The molecule has 0 saturated heterocycles. The van der Waals surface area contributed by atoms with Gasteiger partial charge in [-0.05, 0) is 19.1 Å². The molecule has 5 heteroatoms. The molecule has 1 aromatic carbocycles. The molecule has 76 valence electrons. The third-order valence-electron chi connectivity index (χ3n) is 1.53. The first-order chi connectivity index (χ1) is 7.27. The number of carbonyl (C=O) groups excluding carboxylic acids is 1. The second kappa shape index (κ2) is 5.50. The van der Waals surface area contributed by atoms with Gasteiger partial charge in [-0.25, -0.2) is 4.79 Å². The molecule has 1 rings (SSSR count). The van der Waals surface area contributed by atoms with E-state index < -0.39 is 6.09 Å². The highest BCUT2D eigenvalue weighted by molar-refractivity contribution is 5.68. The standard InChI is InChI=1S/C10H9N3O2/c1-2-15-10(14)13-12-9-6-4-3-5-8(9)7-11/h3-6H,2H2,1H3. The maximum Gasteiger partial charge on any atom is 0.452 e. The summed E-state index contributed by atoms with van der Waals surface area (Å²) in [6, 6.07) is 8.56. The second-order valence-corrected chi connectivity index (χ2v) is 2.53. The Bertz CT molecular complexity index is 421. The van der Waals surface area contributed by atoms with Crippen LogP contribution in [0.2, 0.25) is 0 Å². The summed E-state index contributed by atoms with van der Waals surface area (Å²) in [5, 5.41) is 15.6. The minimum absolute atomic E-state index is 0.248. The van der Waals surface area contributed by atoms with Crippen molar-refractivity contribution in [2.24, 2.45) is 10.2 Å². The number of carbonyl (C=O) groups is 1. The summed E-state index contributed by atoms with van der Waals surface area (Å²) < 4.78 is 4.55. The van der Waals surface area contributed by atoms with Crippen molar-refractivity contribution in [1.29, 1.82) is 5.26 Å². The van der Waals surface area contributed by atoms with Gasteiger partial charge in [0.2, 0.25) is 0 Å². The smallest absolute Gasteiger partial charge is 0.447 e. The lowest BCUT2D eigenvalue weighted by molar-refractivity contribution is 0.162. The van der Waals surface area contributed by atoms with Crippen LogP contribution in [0.4, 0.5) is 10.5 Å². The van der Waals surface area contributed by atoms with E-state index in [1.54, 1.807) is 31.2 Å². The van der Waals surface area contributed by atoms with Crippen LogP contribution in [0.25, 0.3) is 0 Å². The lowest BCUT2D eigenvalue weighted by Crippen LogP contribution is -1.95. The van der Waals surface area contributed by atoms with Crippen LogP contribution in [0.1, 0.15) is 12.5 Å². The molecule has 0 aliphatic heterocycles. The largest absolute Gasteiger partial charge is 0.452 e. The van der Waals surface area contributed by atoms with Crippen LogP contribution in [0.5, 0.6) is 0 Å². The number of nitriles is 1. The Morgan fingerprint density at radius 2 is 2.27 bits per heavy atom. The molecule has 0 fully saturated rings. The van der Waals surface area contributed by atoms with E-state index in [-0.39, 0.29) is 6.61 Å². The van der Waals surface area contributed by atoms with Gasteiger partial charge in [0.25, 0.3) is 0 Å². The number of ether oxygens (including phenoxy) is 1. The molecule has 0 spiro atoms. The topological polar surface area (TPSA) is 74.8 Å². The van der Waals surface area contributed by atoms with Crippen molar-refractivity contribution in [3.63, 3.8) is 0 Å². The monoisotopic (exact) mass is 203 g/mol. The molecule has 0 aliphatic rings. The summed E-state index contributed by atoms with van der Waals surface area (Å²) in [7, 11) is 0. The van der Waals surface area contributed by atoms with E-state index in [1.807, 2.05) is 6.07 Å². The maximum atomic E-state index is 10.9. The summed E-state index contributed by atoms with van der Waals surface area (Å²) in [4.78, 5) is 10.9. The highest BCUT2D eigenvalue weighted by Crippen LogP contribution is 2.17. The third kappa shape index (κ3) is 3.19. The van der Waals surface area contributed by atoms with Crippen LogP contribution < -0.4 is 0 Å². The van der Waals surface area contributed by atoms with Crippen LogP contribution in [0.3, 0.4) is 0 Å². The fourth-order valence-electron chi connectivity index (χ4n) is 0.902. The molecule has 0 unspecified atom stereocenters. The van der Waals surface area contributed by atoms with Gasteiger partial charge >= 0.3 is 6.09 Å². The second-order valence-electron chi connectivity index (χ2n) is 2.53. The van der Waals surface area contributed by atoms with Gasteiger partial charge in [-0.1, -0.05) is 17.2 Å². The van der Waals surface area contributed by atoms with Crippen molar-refractivity contribution in [2.75, 3.05) is 6.61 Å². The molecule has 0 aromatic heterocycles. The van der Waals surface area contributed by atoms with Crippen molar-refractivity contribution in [2.45, 2.75) is 6.92 Å². The van der Waals surface area contributed by atoms with Crippen molar-refractivity contribution in [3.05, 3.63) is 29.8 Å². The Morgan fingerprint density at radius 1 is 1.53 bits per heavy atom. The summed E-state index contributed by atoms with van der Waals surface area (Å²) in [6.07, 6.45) is -0.759. The van der Waals surface area contributed by atoms with Crippen molar-refractivity contribution in [3.8, 4) is 6.07 Å². The highest BCUT2D eigenvalue weighted by Gasteiger charge is 2.00. The summed E-state index contributed by atoms with van der Waals surface area (Å²) in [5.41, 5.74) is 0.721. The SMILES string of the molecule is CCOC(=O)N=Nc1ccccc1C#N. The van der Waals surface area contributed by atoms with E-state index in [4.69, 9.17) is 5.26 Å². The van der Waals surface area contributed by atoms with Gasteiger partial charge in [-0.3, -0.25) is 0 Å². The number of hydrogen-bond donors (Lipinski definition) is 0. The molecule has 5 nitrogen and oxygen atoms in total. The fourth-order valence-corrected chi connectivity index (χ4v) is 0.902. The molecule has 0 aliphatic carbocycles. The zero-order valence-corrected chi connectivity index (χ0v) is 8.17. The van der Waals surface area contributed by atoms with Crippen LogP contribution in [0.15, 0.2) is 34.5 Å². The van der Waals surface area contributed by atoms with Gasteiger partial charge in [-0.2, -0.15) is 5.26 Å². The Hall–Kier alpha value is -2.22. The first-order valence-corrected chi connectivity index (χ1v) is 4.35. The predicted octanol–water partition coefficient (Wildman–Crippen LogP) is 2.80. The first-order valence-electron chi connectivity index (χ1n) is 4.35. The molecule has 0 heterocycles. The van der Waals surface area contributed by atoms with Gasteiger partial charge in [-0.15, -0.1) is 5.11 Å². The van der Waals surface area contributed by atoms with E-state index in [9.17, 15) is 4.79 Å². The van der Waals surface area contributed by atoms with E-state index in [1.165, 1.54) is 0 Å². The van der Waals surface area contributed by atoms with Crippen LogP contribution in [-0.2, 0) is 4.74 Å². The van der Waals surface area contributed by atoms with Crippen LogP contribution >= 0.6 is 0 Å². The molecule has 1 amide bonds. The van der Waals surface area contributed by atoms with Gasteiger partial charge in [0.1, 0.15) is 11.8 Å². The number of benzene rings is 1. The van der Waals surface area contributed by atoms with E-state index in [0.717, 1.165) is 0 Å². The van der Waals surface area contributed by atoms with Crippen molar-refractivity contribution < 1.29 is 9.53 Å². The lowest BCUT2D eigenvalue weighted by Gasteiger charge is -1.95. The van der Waals surface area contributed by atoms with Gasteiger partial charge in [0.05, 0.1) is 12.2 Å². The average Bonchev–Trinajstić information content (AvgIpc) is 2.27. The molecule has 0 radical (unpaired) electrons. The van der Waals surface area contributed by atoms with Crippen molar-refractivity contribution in [1.82, 2.24) is 0 Å². The molecule has 15 heavy (non-hydrogen) atoms. The maximum absolute atomic E-state index is 10.9. The third-order valence-corrected chi connectivity index (χ3v) is 1.53. The van der Waals surface area contributed by atoms with Gasteiger partial charge in [0, 0.05) is 0 Å². The number of rotatable bonds is 2. The normalized spacial score (nSPS) is 9.87. The first kappa shape index (κ1) is 10.9. The molecular formula is C10H9N3O2. The van der Waals surface area contributed by atoms with E-state index >= 15 is 0 Å². The molecule has 1 aromatic rings. The molecule has 0 bridgehead atoms. The molecule has 0 N–H and O–H groups in total. The number of amides is 1. The summed E-state index contributed by atoms with van der Waals surface area (Å²) in [6.45, 7) is 1.92. The number of azo groups is 1.